The van der Waals surface area contributed by atoms with Crippen LogP contribution < -0.4 is 5.32 Å². The van der Waals surface area contributed by atoms with E-state index in [4.69, 9.17) is 5.11 Å². The molecule has 5 nitrogen and oxygen atoms in total. The van der Waals surface area contributed by atoms with E-state index >= 15 is 0 Å². The van der Waals surface area contributed by atoms with Crippen molar-refractivity contribution in [2.24, 2.45) is 0 Å². The summed E-state index contributed by atoms with van der Waals surface area (Å²) < 4.78 is 0. The van der Waals surface area contributed by atoms with Gasteiger partial charge in [0.2, 0.25) is 0 Å². The fourth-order valence-electron chi connectivity index (χ4n) is 2.24. The summed E-state index contributed by atoms with van der Waals surface area (Å²) in [6.07, 6.45) is 0.801. The third-order valence-electron chi connectivity index (χ3n) is 3.34. The zero-order valence-corrected chi connectivity index (χ0v) is 13.8. The zero-order chi connectivity index (χ0) is 16.7. The Hall–Kier alpha value is -2.18. The zero-order valence-electron chi connectivity index (χ0n) is 13.0. The van der Waals surface area contributed by atoms with Crippen LogP contribution in [0, 0.1) is 0 Å². The maximum atomic E-state index is 12.7. The monoisotopic (exact) mass is 332 g/mol. The first kappa shape index (κ1) is 17.2. The van der Waals surface area contributed by atoms with Crippen molar-refractivity contribution in [3.63, 3.8) is 0 Å². The normalized spacial score (nSPS) is 10.3. The number of nitrogens with zero attached hydrogens (tertiary/aromatic N) is 1. The van der Waals surface area contributed by atoms with Crippen LogP contribution >= 0.6 is 11.3 Å². The smallest absolute Gasteiger partial charge is 0.256 e. The molecule has 6 heteroatoms. The Kier molecular flexibility index (Phi) is 6.31. The number of hydrogen-bond donors (Lipinski definition) is 2. The van der Waals surface area contributed by atoms with Gasteiger partial charge in [0.1, 0.15) is 0 Å². The van der Waals surface area contributed by atoms with Gasteiger partial charge < -0.3 is 15.3 Å². The Morgan fingerprint density at radius 1 is 1.22 bits per heavy atom. The molecule has 0 fully saturated rings. The molecule has 0 spiro atoms. The molecule has 0 radical (unpaired) electrons. The number of amides is 2. The molecule has 23 heavy (non-hydrogen) atoms. The van der Waals surface area contributed by atoms with Gasteiger partial charge in [-0.3, -0.25) is 9.59 Å². The summed E-state index contributed by atoms with van der Waals surface area (Å²) in [5.74, 6) is -0.433. The van der Waals surface area contributed by atoms with Crippen LogP contribution in [-0.2, 0) is 0 Å². The molecule has 0 aliphatic rings. The number of aliphatic hydroxyl groups is 1. The van der Waals surface area contributed by atoms with Gasteiger partial charge in [-0.05, 0) is 30.0 Å². The van der Waals surface area contributed by atoms with Gasteiger partial charge in [0, 0.05) is 18.5 Å². The molecular formula is C17H20N2O3S. The van der Waals surface area contributed by atoms with Crippen molar-refractivity contribution in [2.75, 3.05) is 25.0 Å². The number of thiophene rings is 1. The average molecular weight is 332 g/mol. The first-order valence-corrected chi connectivity index (χ1v) is 8.44. The summed E-state index contributed by atoms with van der Waals surface area (Å²) in [6.45, 7) is 2.72. The highest BCUT2D eigenvalue weighted by molar-refractivity contribution is 7.08. The molecule has 2 rings (SSSR count). The van der Waals surface area contributed by atoms with E-state index < -0.39 is 0 Å². The van der Waals surface area contributed by atoms with Crippen molar-refractivity contribution in [1.29, 1.82) is 0 Å². The molecule has 1 aromatic carbocycles. The van der Waals surface area contributed by atoms with Gasteiger partial charge in [0.15, 0.2) is 0 Å². The van der Waals surface area contributed by atoms with Gasteiger partial charge in [-0.15, -0.1) is 0 Å². The van der Waals surface area contributed by atoms with Crippen LogP contribution in [0.1, 0.15) is 34.1 Å². The second kappa shape index (κ2) is 8.45. The fourth-order valence-corrected chi connectivity index (χ4v) is 2.88. The van der Waals surface area contributed by atoms with E-state index in [9.17, 15) is 9.59 Å². The van der Waals surface area contributed by atoms with Gasteiger partial charge in [-0.2, -0.15) is 11.3 Å². The molecule has 2 aromatic rings. The molecule has 2 N–H and O–H groups in total. The van der Waals surface area contributed by atoms with E-state index in [-0.39, 0.29) is 25.0 Å². The van der Waals surface area contributed by atoms with E-state index in [1.54, 1.807) is 40.6 Å². The van der Waals surface area contributed by atoms with E-state index in [0.717, 1.165) is 6.42 Å². The Bertz CT molecular complexity index is 650. The van der Waals surface area contributed by atoms with E-state index in [1.807, 2.05) is 12.3 Å². The van der Waals surface area contributed by atoms with Gasteiger partial charge >= 0.3 is 0 Å². The van der Waals surface area contributed by atoms with Crippen molar-refractivity contribution in [3.8, 4) is 0 Å². The predicted molar refractivity (Wildman–Crippen MR) is 92.0 cm³/mol. The van der Waals surface area contributed by atoms with E-state index in [0.29, 0.717) is 23.4 Å². The number of carbonyl (C=O) groups excluding carboxylic acids is 2. The maximum Gasteiger partial charge on any atom is 0.256 e. The van der Waals surface area contributed by atoms with Crippen LogP contribution in [-0.4, -0.2) is 41.5 Å². The lowest BCUT2D eigenvalue weighted by Crippen LogP contribution is -2.34. The maximum absolute atomic E-state index is 12.7. The number of anilines is 1. The molecule has 1 heterocycles. The van der Waals surface area contributed by atoms with Crippen LogP contribution in [0.25, 0.3) is 0 Å². The Balaban J connectivity index is 2.22. The predicted octanol–water partition coefficient (Wildman–Crippen LogP) is 2.84. The summed E-state index contributed by atoms with van der Waals surface area (Å²) in [5.41, 5.74) is 1.48. The number of carbonyl (C=O) groups is 2. The number of rotatable bonds is 7. The number of hydrogen-bond acceptors (Lipinski definition) is 4. The lowest BCUT2D eigenvalue weighted by atomic mass is 10.1. The molecule has 0 bridgehead atoms. The third kappa shape index (κ3) is 4.40. The highest BCUT2D eigenvalue weighted by Gasteiger charge is 2.19. The van der Waals surface area contributed by atoms with Gasteiger partial charge in [-0.1, -0.05) is 19.1 Å². The summed E-state index contributed by atoms with van der Waals surface area (Å²) in [6, 6.07) is 8.67. The Morgan fingerprint density at radius 3 is 2.65 bits per heavy atom. The number of aliphatic hydroxyl groups excluding tert-OH is 1. The van der Waals surface area contributed by atoms with Gasteiger partial charge in [0.25, 0.3) is 11.8 Å². The number of para-hydroxylation sites is 1. The second-order valence-electron chi connectivity index (χ2n) is 5.03. The molecule has 0 saturated carbocycles. The summed E-state index contributed by atoms with van der Waals surface area (Å²) in [5, 5.41) is 15.5. The molecule has 0 unspecified atom stereocenters. The van der Waals surface area contributed by atoms with Crippen molar-refractivity contribution in [1.82, 2.24) is 4.90 Å². The van der Waals surface area contributed by atoms with Crippen LogP contribution in [0.5, 0.6) is 0 Å². The highest BCUT2D eigenvalue weighted by Crippen LogP contribution is 2.19. The molecule has 1 aromatic heterocycles. The van der Waals surface area contributed by atoms with Crippen molar-refractivity contribution >= 4 is 28.8 Å². The van der Waals surface area contributed by atoms with Crippen LogP contribution in [0.15, 0.2) is 41.1 Å². The second-order valence-corrected chi connectivity index (χ2v) is 5.81. The lowest BCUT2D eigenvalue weighted by molar-refractivity contribution is 0.0723. The van der Waals surface area contributed by atoms with Crippen LogP contribution in [0.4, 0.5) is 5.69 Å². The molecule has 0 aliphatic heterocycles. The Labute approximate surface area is 139 Å². The largest absolute Gasteiger partial charge is 0.395 e. The first-order valence-electron chi connectivity index (χ1n) is 7.50. The topological polar surface area (TPSA) is 69.6 Å². The van der Waals surface area contributed by atoms with Crippen molar-refractivity contribution < 1.29 is 14.7 Å². The molecule has 0 atom stereocenters. The summed E-state index contributed by atoms with van der Waals surface area (Å²) in [7, 11) is 0. The average Bonchev–Trinajstić information content (AvgIpc) is 3.09. The fraction of sp³-hybridized carbons (Fsp3) is 0.294. The number of nitrogens with one attached hydrogen (secondary N) is 1. The SMILES string of the molecule is CCCN(CCO)C(=O)c1ccccc1NC(=O)c1ccsc1. The number of benzene rings is 1. The quantitative estimate of drug-likeness (QED) is 0.819. The molecule has 122 valence electrons. The molecule has 0 aliphatic carbocycles. The van der Waals surface area contributed by atoms with Gasteiger partial charge in [-0.25, -0.2) is 0 Å². The molecular weight excluding hydrogens is 312 g/mol. The van der Waals surface area contributed by atoms with Crippen molar-refractivity contribution in [2.45, 2.75) is 13.3 Å². The highest BCUT2D eigenvalue weighted by atomic mass is 32.1. The summed E-state index contributed by atoms with van der Waals surface area (Å²) in [4.78, 5) is 26.5. The third-order valence-corrected chi connectivity index (χ3v) is 4.02. The molecule has 2 amide bonds. The van der Waals surface area contributed by atoms with Crippen LogP contribution in [0.2, 0.25) is 0 Å². The summed E-state index contributed by atoms with van der Waals surface area (Å²) >= 11 is 1.44. The molecule has 0 saturated heterocycles. The minimum absolute atomic E-state index is 0.0881. The minimum atomic E-state index is -0.240. The standard InChI is InChI=1S/C17H20N2O3S/c1-2-8-19(9-10-20)17(22)14-5-3-4-6-15(14)18-16(21)13-7-11-23-12-13/h3-7,11-12,20H,2,8-10H2,1H3,(H,18,21). The van der Waals surface area contributed by atoms with Crippen molar-refractivity contribution in [3.05, 3.63) is 52.2 Å². The van der Waals surface area contributed by atoms with E-state index in [1.165, 1.54) is 11.3 Å². The van der Waals surface area contributed by atoms with Gasteiger partial charge in [0.05, 0.1) is 23.4 Å². The van der Waals surface area contributed by atoms with E-state index in [2.05, 4.69) is 5.32 Å². The lowest BCUT2D eigenvalue weighted by Gasteiger charge is -2.22. The first-order chi connectivity index (χ1) is 11.2. The van der Waals surface area contributed by atoms with Crippen LogP contribution in [0.3, 0.4) is 0 Å². The minimum Gasteiger partial charge on any atom is -0.395 e. The Morgan fingerprint density at radius 2 is 2.00 bits per heavy atom.